The quantitative estimate of drug-likeness (QED) is 0.676. The number of β-amino-alcohol motifs (C(OH)–C–C–N with tert-alkyl or cyclic N) is 1. The van der Waals surface area contributed by atoms with Gasteiger partial charge in [-0.25, -0.2) is 8.78 Å². The molecule has 1 aromatic carbocycles. The molecule has 70 valence electrons. The first-order valence-corrected chi connectivity index (χ1v) is 4.01. The maximum absolute atomic E-state index is 13.1. The third kappa shape index (κ3) is 1.22. The maximum atomic E-state index is 13.1. The van der Waals surface area contributed by atoms with Gasteiger partial charge in [-0.05, 0) is 12.1 Å². The average Bonchev–Trinajstić information content (AvgIpc) is 2.01. The molecule has 2 rings (SSSR count). The van der Waals surface area contributed by atoms with Gasteiger partial charge in [0, 0.05) is 13.1 Å². The van der Waals surface area contributed by atoms with Gasteiger partial charge in [-0.3, -0.25) is 0 Å². The van der Waals surface area contributed by atoms with E-state index in [1.165, 1.54) is 6.07 Å². The number of halogens is 2. The van der Waals surface area contributed by atoms with Crippen LogP contribution in [-0.2, 0) is 5.60 Å². The minimum Gasteiger partial charge on any atom is -0.382 e. The summed E-state index contributed by atoms with van der Waals surface area (Å²) in [6, 6.07) is 3.58. The largest absolute Gasteiger partial charge is 0.382 e. The Labute approximate surface area is 74.2 Å². The Balaban J connectivity index is 2.49. The molecule has 0 aromatic heterocycles. The molecule has 2 N–H and O–H groups in total. The van der Waals surface area contributed by atoms with Gasteiger partial charge < -0.3 is 10.4 Å². The van der Waals surface area contributed by atoms with Gasteiger partial charge in [-0.2, -0.15) is 0 Å². The summed E-state index contributed by atoms with van der Waals surface area (Å²) in [6.07, 6.45) is 0. The third-order valence-corrected chi connectivity index (χ3v) is 2.26. The lowest BCUT2D eigenvalue weighted by atomic mass is 9.87. The molecule has 0 unspecified atom stereocenters. The zero-order valence-electron chi connectivity index (χ0n) is 6.85. The number of hydrogen-bond acceptors (Lipinski definition) is 2. The van der Waals surface area contributed by atoms with Crippen LogP contribution >= 0.6 is 0 Å². The van der Waals surface area contributed by atoms with Gasteiger partial charge in [0.2, 0.25) is 0 Å². The van der Waals surface area contributed by atoms with Crippen molar-refractivity contribution in [3.8, 4) is 0 Å². The second kappa shape index (κ2) is 2.75. The van der Waals surface area contributed by atoms with E-state index in [2.05, 4.69) is 5.32 Å². The zero-order chi connectivity index (χ0) is 9.47. The van der Waals surface area contributed by atoms with Crippen LogP contribution in [0.4, 0.5) is 8.78 Å². The Morgan fingerprint density at radius 3 is 2.15 bits per heavy atom. The fraction of sp³-hybridized carbons (Fsp3) is 0.333. The fourth-order valence-corrected chi connectivity index (χ4v) is 1.48. The normalized spacial score (nSPS) is 19.6. The lowest BCUT2D eigenvalue weighted by Gasteiger charge is -2.38. The highest BCUT2D eigenvalue weighted by molar-refractivity contribution is 5.29. The highest BCUT2D eigenvalue weighted by Gasteiger charge is 2.40. The second-order valence-corrected chi connectivity index (χ2v) is 3.23. The van der Waals surface area contributed by atoms with E-state index in [1.54, 1.807) is 0 Å². The molecule has 0 amide bonds. The molecule has 0 atom stereocenters. The van der Waals surface area contributed by atoms with E-state index in [1.807, 2.05) is 0 Å². The topological polar surface area (TPSA) is 32.3 Å². The molecule has 0 radical (unpaired) electrons. The number of rotatable bonds is 1. The minimum atomic E-state index is -1.37. The third-order valence-electron chi connectivity index (χ3n) is 2.26. The SMILES string of the molecule is OC1(c2c(F)cccc2F)CNC1. The average molecular weight is 185 g/mol. The molecule has 1 aliphatic rings. The molecule has 1 aromatic rings. The van der Waals surface area contributed by atoms with Gasteiger partial charge in [0.05, 0.1) is 5.56 Å². The van der Waals surface area contributed by atoms with Crippen LogP contribution in [0, 0.1) is 11.6 Å². The lowest BCUT2D eigenvalue weighted by Crippen LogP contribution is -2.57. The smallest absolute Gasteiger partial charge is 0.132 e. The van der Waals surface area contributed by atoms with E-state index in [-0.39, 0.29) is 18.7 Å². The number of aliphatic hydroxyl groups is 1. The van der Waals surface area contributed by atoms with Crippen LogP contribution in [0.5, 0.6) is 0 Å². The Morgan fingerprint density at radius 2 is 1.77 bits per heavy atom. The summed E-state index contributed by atoms with van der Waals surface area (Å²) in [5.41, 5.74) is -1.59. The maximum Gasteiger partial charge on any atom is 0.132 e. The highest BCUT2D eigenvalue weighted by atomic mass is 19.1. The van der Waals surface area contributed by atoms with Crippen molar-refractivity contribution in [2.24, 2.45) is 0 Å². The van der Waals surface area contributed by atoms with Crippen molar-refractivity contribution in [3.05, 3.63) is 35.4 Å². The van der Waals surface area contributed by atoms with E-state index in [9.17, 15) is 13.9 Å². The number of benzene rings is 1. The number of hydrogen-bond donors (Lipinski definition) is 2. The van der Waals surface area contributed by atoms with Crippen molar-refractivity contribution < 1.29 is 13.9 Å². The van der Waals surface area contributed by atoms with Gasteiger partial charge in [0.15, 0.2) is 0 Å². The summed E-state index contributed by atoms with van der Waals surface area (Å²) in [7, 11) is 0. The summed E-state index contributed by atoms with van der Waals surface area (Å²) in [4.78, 5) is 0. The predicted octanol–water partition coefficient (Wildman–Crippen LogP) is 0.756. The first-order valence-electron chi connectivity index (χ1n) is 4.01. The van der Waals surface area contributed by atoms with Gasteiger partial charge >= 0.3 is 0 Å². The first kappa shape index (κ1) is 8.59. The van der Waals surface area contributed by atoms with E-state index in [0.717, 1.165) is 12.1 Å². The van der Waals surface area contributed by atoms with Crippen LogP contribution < -0.4 is 5.32 Å². The van der Waals surface area contributed by atoms with Crippen LogP contribution in [-0.4, -0.2) is 18.2 Å². The highest BCUT2D eigenvalue weighted by Crippen LogP contribution is 2.29. The van der Waals surface area contributed by atoms with Crippen molar-refractivity contribution in [2.45, 2.75) is 5.60 Å². The molecule has 1 fully saturated rings. The van der Waals surface area contributed by atoms with Crippen LogP contribution in [0.25, 0.3) is 0 Å². The molecule has 4 heteroatoms. The minimum absolute atomic E-state index is 0.199. The van der Waals surface area contributed by atoms with Gasteiger partial charge in [0.1, 0.15) is 17.2 Å². The van der Waals surface area contributed by atoms with E-state index >= 15 is 0 Å². The Hall–Kier alpha value is -1.00. The van der Waals surface area contributed by atoms with Crippen molar-refractivity contribution in [1.29, 1.82) is 0 Å². The van der Waals surface area contributed by atoms with Crippen LogP contribution in [0.1, 0.15) is 5.56 Å². The van der Waals surface area contributed by atoms with Gasteiger partial charge in [0.25, 0.3) is 0 Å². The molecule has 13 heavy (non-hydrogen) atoms. The molecule has 0 saturated carbocycles. The van der Waals surface area contributed by atoms with Gasteiger partial charge in [-0.1, -0.05) is 6.07 Å². The fourth-order valence-electron chi connectivity index (χ4n) is 1.48. The van der Waals surface area contributed by atoms with E-state index in [0.29, 0.717) is 0 Å². The Bertz CT molecular complexity index is 316. The van der Waals surface area contributed by atoms with E-state index < -0.39 is 17.2 Å². The predicted molar refractivity (Wildman–Crippen MR) is 43.1 cm³/mol. The summed E-state index contributed by atoms with van der Waals surface area (Å²) < 4.78 is 26.3. The standard InChI is InChI=1S/C9H9F2NO/c10-6-2-1-3-7(11)8(6)9(13)4-12-5-9/h1-3,12-13H,4-5H2. The van der Waals surface area contributed by atoms with Crippen molar-refractivity contribution in [2.75, 3.05) is 13.1 Å². The summed E-state index contributed by atoms with van der Waals surface area (Å²) in [6.45, 7) is 0.399. The molecule has 2 nitrogen and oxygen atoms in total. The monoisotopic (exact) mass is 185 g/mol. The van der Waals surface area contributed by atoms with Crippen molar-refractivity contribution in [1.82, 2.24) is 5.32 Å². The summed E-state index contributed by atoms with van der Waals surface area (Å²) in [5.74, 6) is -1.38. The molecule has 1 heterocycles. The molecule has 0 spiro atoms. The molecule has 0 bridgehead atoms. The molecule has 0 aliphatic carbocycles. The van der Waals surface area contributed by atoms with E-state index in [4.69, 9.17) is 0 Å². The van der Waals surface area contributed by atoms with Crippen LogP contribution in [0.15, 0.2) is 18.2 Å². The van der Waals surface area contributed by atoms with Crippen molar-refractivity contribution >= 4 is 0 Å². The van der Waals surface area contributed by atoms with Crippen LogP contribution in [0.2, 0.25) is 0 Å². The Kier molecular flexibility index (Phi) is 1.82. The first-order chi connectivity index (χ1) is 6.13. The molecule has 1 aliphatic heterocycles. The van der Waals surface area contributed by atoms with Crippen LogP contribution in [0.3, 0.4) is 0 Å². The zero-order valence-corrected chi connectivity index (χ0v) is 6.85. The van der Waals surface area contributed by atoms with Crippen molar-refractivity contribution in [3.63, 3.8) is 0 Å². The lowest BCUT2D eigenvalue weighted by molar-refractivity contribution is -0.0208. The summed E-state index contributed by atoms with van der Waals surface area (Å²) in [5, 5.41) is 12.5. The number of nitrogens with one attached hydrogen (secondary N) is 1. The molecule has 1 saturated heterocycles. The molecular formula is C9H9F2NO. The van der Waals surface area contributed by atoms with Gasteiger partial charge in [-0.15, -0.1) is 0 Å². The second-order valence-electron chi connectivity index (χ2n) is 3.23. The Morgan fingerprint density at radius 1 is 1.23 bits per heavy atom. The molecular weight excluding hydrogens is 176 g/mol. The summed E-state index contributed by atoms with van der Waals surface area (Å²) >= 11 is 0.